The maximum Gasteiger partial charge on any atom is 0.309 e. The first-order valence-corrected chi connectivity index (χ1v) is 15.5. The number of nitrogens with one attached hydrogen (secondary N) is 2. The van der Waals surface area contributed by atoms with E-state index in [0.29, 0.717) is 25.7 Å². The number of halogens is 2. The molecule has 4 N–H and O–H groups in total. The summed E-state index contributed by atoms with van der Waals surface area (Å²) in [6.07, 6.45) is 2.94. The Morgan fingerprint density at radius 2 is 1.68 bits per heavy atom. The second-order valence-corrected chi connectivity index (χ2v) is 13.5. The quantitative estimate of drug-likeness (QED) is 0.321. The Balaban J connectivity index is 1.28. The molecule has 10 nitrogen and oxygen atoms in total. The zero-order valence-corrected chi connectivity index (χ0v) is 25.2. The van der Waals surface area contributed by atoms with Gasteiger partial charge in [-0.3, -0.25) is 14.4 Å². The number of nitrogens with zero attached hydrogens (tertiary/aromatic N) is 1. The second-order valence-electron chi connectivity index (χ2n) is 13.5. The van der Waals surface area contributed by atoms with Gasteiger partial charge in [0.15, 0.2) is 0 Å². The normalized spacial score (nSPS) is 31.9. The Morgan fingerprint density at radius 3 is 2.30 bits per heavy atom. The number of hydrogen-bond acceptors (Lipinski definition) is 7. The average molecular weight is 618 g/mol. The zero-order chi connectivity index (χ0) is 31.9. The zero-order valence-electron chi connectivity index (χ0n) is 25.2. The maximum atomic E-state index is 13.7. The van der Waals surface area contributed by atoms with E-state index in [4.69, 9.17) is 9.47 Å². The molecule has 2 bridgehead atoms. The van der Waals surface area contributed by atoms with Gasteiger partial charge in [0.25, 0.3) is 5.91 Å². The fraction of sp³-hybridized carbons (Fsp3) is 0.688. The van der Waals surface area contributed by atoms with Crippen LogP contribution in [0.2, 0.25) is 0 Å². The molecule has 0 radical (unpaired) electrons. The summed E-state index contributed by atoms with van der Waals surface area (Å²) in [6, 6.07) is 4.52. The second kappa shape index (κ2) is 12.1. The first-order chi connectivity index (χ1) is 20.8. The maximum absolute atomic E-state index is 13.7. The number of carbonyl (C=O) groups is 3. The summed E-state index contributed by atoms with van der Waals surface area (Å²) >= 11 is 0. The highest BCUT2D eigenvalue weighted by atomic mass is 19.3. The SMILES string of the molecule is COc1cc(C#N)c(O[C@H]2CC[C@@](C)(C(=O)O)CC2)cc1C(=O)N[C@@H]1[C@H]2CC[C@H](C2)[C@@H]1C(=O)NCC1(O)CCC(F)(F)CC1. The molecule has 5 rings (SSSR count). The molecule has 0 unspecified atom stereocenters. The molecule has 240 valence electrons. The number of carboxylic acid groups (broad SMARTS) is 1. The van der Waals surface area contributed by atoms with E-state index in [9.17, 15) is 38.6 Å². The van der Waals surface area contributed by atoms with Crippen LogP contribution in [0.15, 0.2) is 12.1 Å². The van der Waals surface area contributed by atoms with E-state index >= 15 is 0 Å². The van der Waals surface area contributed by atoms with Crippen molar-refractivity contribution in [2.45, 2.75) is 101 Å². The minimum absolute atomic E-state index is 0.0557. The molecule has 0 heterocycles. The van der Waals surface area contributed by atoms with Crippen molar-refractivity contribution in [2.75, 3.05) is 13.7 Å². The molecule has 0 spiro atoms. The van der Waals surface area contributed by atoms with Gasteiger partial charge >= 0.3 is 5.97 Å². The fourth-order valence-corrected chi connectivity index (χ4v) is 7.56. The lowest BCUT2D eigenvalue weighted by Gasteiger charge is -2.37. The Labute approximate surface area is 255 Å². The van der Waals surface area contributed by atoms with Gasteiger partial charge in [0.05, 0.1) is 41.3 Å². The number of amides is 2. The van der Waals surface area contributed by atoms with Crippen molar-refractivity contribution in [2.24, 2.45) is 23.2 Å². The molecule has 4 aliphatic carbocycles. The predicted molar refractivity (Wildman–Crippen MR) is 153 cm³/mol. The summed E-state index contributed by atoms with van der Waals surface area (Å²) < 4.78 is 38.8. The van der Waals surface area contributed by atoms with Gasteiger partial charge in [0, 0.05) is 31.5 Å². The number of rotatable bonds is 9. The van der Waals surface area contributed by atoms with Gasteiger partial charge < -0.3 is 30.3 Å². The highest BCUT2D eigenvalue weighted by Gasteiger charge is 2.52. The van der Waals surface area contributed by atoms with Crippen molar-refractivity contribution in [3.05, 3.63) is 23.3 Å². The number of carboxylic acids is 1. The van der Waals surface area contributed by atoms with Crippen molar-refractivity contribution in [3.63, 3.8) is 0 Å². The van der Waals surface area contributed by atoms with Crippen molar-refractivity contribution in [1.82, 2.24) is 10.6 Å². The van der Waals surface area contributed by atoms with Crippen LogP contribution in [-0.4, -0.2) is 65.3 Å². The van der Waals surface area contributed by atoms with Gasteiger partial charge in [-0.2, -0.15) is 5.26 Å². The van der Waals surface area contributed by atoms with Crippen LogP contribution in [0.1, 0.15) is 93.5 Å². The van der Waals surface area contributed by atoms with Crippen LogP contribution in [0.5, 0.6) is 11.5 Å². The van der Waals surface area contributed by atoms with Gasteiger partial charge in [-0.15, -0.1) is 0 Å². The van der Waals surface area contributed by atoms with Crippen LogP contribution in [0.25, 0.3) is 0 Å². The van der Waals surface area contributed by atoms with E-state index in [2.05, 4.69) is 16.7 Å². The largest absolute Gasteiger partial charge is 0.496 e. The molecule has 0 aliphatic heterocycles. The minimum atomic E-state index is -2.80. The van der Waals surface area contributed by atoms with E-state index in [1.807, 2.05) is 0 Å². The summed E-state index contributed by atoms with van der Waals surface area (Å²) in [6.45, 7) is 1.59. The van der Waals surface area contributed by atoms with Crippen LogP contribution in [0, 0.1) is 34.5 Å². The van der Waals surface area contributed by atoms with Gasteiger partial charge in [-0.1, -0.05) is 0 Å². The molecule has 4 saturated carbocycles. The van der Waals surface area contributed by atoms with Crippen LogP contribution in [0.3, 0.4) is 0 Å². The summed E-state index contributed by atoms with van der Waals surface area (Å²) in [5, 5.41) is 35.9. The molecule has 4 atom stereocenters. The first kappa shape index (κ1) is 31.9. The van der Waals surface area contributed by atoms with Gasteiger partial charge in [-0.25, -0.2) is 8.78 Å². The number of alkyl halides is 2. The minimum Gasteiger partial charge on any atom is -0.496 e. The van der Waals surface area contributed by atoms with E-state index in [1.165, 1.54) is 19.2 Å². The molecule has 4 fully saturated rings. The Morgan fingerprint density at radius 1 is 1.02 bits per heavy atom. The van der Waals surface area contributed by atoms with E-state index in [0.717, 1.165) is 19.3 Å². The highest BCUT2D eigenvalue weighted by Crippen LogP contribution is 2.49. The third kappa shape index (κ3) is 6.48. The molecule has 1 aromatic rings. The van der Waals surface area contributed by atoms with Gasteiger partial charge in [-0.05, 0) is 82.6 Å². The molecular weight excluding hydrogens is 576 g/mol. The molecule has 4 aliphatic rings. The molecule has 0 saturated heterocycles. The molecule has 2 amide bonds. The Bertz CT molecular complexity index is 1330. The predicted octanol–water partition coefficient (Wildman–Crippen LogP) is 4.18. The van der Waals surface area contributed by atoms with Crippen molar-refractivity contribution < 1.29 is 42.9 Å². The summed E-state index contributed by atoms with van der Waals surface area (Å²) in [4.78, 5) is 38.7. The smallest absolute Gasteiger partial charge is 0.309 e. The Kier molecular flexibility index (Phi) is 8.82. The van der Waals surface area contributed by atoms with Crippen LogP contribution in [-0.2, 0) is 9.59 Å². The Hall–Kier alpha value is -3.46. The molecule has 1 aromatic carbocycles. The lowest BCUT2D eigenvalue weighted by Crippen LogP contribution is -2.53. The van der Waals surface area contributed by atoms with E-state index < -0.39 is 53.6 Å². The molecule has 12 heteroatoms. The van der Waals surface area contributed by atoms with E-state index in [1.54, 1.807) is 6.92 Å². The van der Waals surface area contributed by atoms with Crippen LogP contribution >= 0.6 is 0 Å². The molecule has 0 aromatic heterocycles. The van der Waals surface area contributed by atoms with Crippen LogP contribution in [0.4, 0.5) is 8.78 Å². The van der Waals surface area contributed by atoms with Crippen LogP contribution < -0.4 is 20.1 Å². The van der Waals surface area contributed by atoms with Crippen molar-refractivity contribution in [3.8, 4) is 17.6 Å². The average Bonchev–Trinajstić information content (AvgIpc) is 3.61. The number of aliphatic carboxylic acids is 1. The fourth-order valence-electron chi connectivity index (χ4n) is 7.56. The number of methoxy groups -OCH3 is 1. The number of hydrogen-bond donors (Lipinski definition) is 4. The van der Waals surface area contributed by atoms with Gasteiger partial charge in [0.1, 0.15) is 17.6 Å². The third-order valence-corrected chi connectivity index (χ3v) is 10.5. The highest BCUT2D eigenvalue weighted by molar-refractivity contribution is 5.98. The summed E-state index contributed by atoms with van der Waals surface area (Å²) in [7, 11) is 1.39. The van der Waals surface area contributed by atoms with Crippen molar-refractivity contribution in [1.29, 1.82) is 5.26 Å². The topological polar surface area (TPSA) is 158 Å². The summed E-state index contributed by atoms with van der Waals surface area (Å²) in [5.41, 5.74) is -1.88. The van der Waals surface area contributed by atoms with Gasteiger partial charge in [0.2, 0.25) is 11.8 Å². The number of ether oxygens (including phenoxy) is 2. The number of aliphatic hydroxyl groups is 1. The monoisotopic (exact) mass is 617 g/mol. The summed E-state index contributed by atoms with van der Waals surface area (Å²) in [5.74, 6) is -4.45. The number of carbonyl (C=O) groups excluding carboxylic acids is 2. The van der Waals surface area contributed by atoms with E-state index in [-0.39, 0.29) is 65.9 Å². The van der Waals surface area contributed by atoms with Crippen molar-refractivity contribution >= 4 is 17.8 Å². The standard InChI is InChI=1S/C32H41F2N3O7/c1-30(29(40)41)7-5-21(6-8-30)44-23-15-22(24(43-2)14-20(23)16-35)27(38)37-26-19-4-3-18(13-19)25(26)28(39)36-17-31(42)9-11-32(33,34)12-10-31/h14-15,18-19,21,25-26,42H,3-13,17H2,1-2H3,(H,36,39)(H,37,38)(H,40,41)/t18-,19+,21-,25+,26-,30+/m1/s1. The molecular formula is C32H41F2N3O7. The third-order valence-electron chi connectivity index (χ3n) is 10.5. The first-order valence-electron chi connectivity index (χ1n) is 15.5. The lowest BCUT2D eigenvalue weighted by atomic mass is 9.75. The number of benzene rings is 1. The number of fused-ring (bicyclic) bond motifs is 2. The number of nitriles is 1. The lowest BCUT2D eigenvalue weighted by molar-refractivity contribution is -0.150. The molecule has 44 heavy (non-hydrogen) atoms.